The summed E-state index contributed by atoms with van der Waals surface area (Å²) >= 11 is 0. The molecule has 14 nitrogen and oxygen atoms in total. The number of esters is 1. The Morgan fingerprint density at radius 2 is 1.62 bits per heavy atom. The SMILES string of the molecule is C=CC(=O)OCN(CN(CN(C)[N+](=O)[O-])[N+](=O)[O-])[N+](=O)[O-]. The van der Waals surface area contributed by atoms with Crippen LogP contribution in [0, 0.1) is 30.3 Å². The molecule has 0 amide bonds. The standard InChI is InChI=1S/C7H12N6O8/c1-3-7(14)21-6-10(13(19)20)5-9(12(17)18)4-8(2)11(15)16/h3H,1,4-6H2,2H3. The Kier molecular flexibility index (Phi) is 6.85. The van der Waals surface area contributed by atoms with Crippen LogP contribution < -0.4 is 0 Å². The summed E-state index contributed by atoms with van der Waals surface area (Å²) in [6.45, 7) is 0.422. The number of nitro groups is 3. The minimum absolute atomic E-state index is 0.192. The van der Waals surface area contributed by atoms with Crippen molar-refractivity contribution < 1.29 is 24.6 Å². The van der Waals surface area contributed by atoms with E-state index in [0.717, 1.165) is 13.1 Å². The lowest BCUT2D eigenvalue weighted by Crippen LogP contribution is -2.49. The van der Waals surface area contributed by atoms with Crippen LogP contribution in [0.1, 0.15) is 0 Å². The number of carbonyl (C=O) groups is 1. The molecule has 0 radical (unpaired) electrons. The molecule has 0 rings (SSSR count). The third kappa shape index (κ3) is 6.50. The van der Waals surface area contributed by atoms with Crippen molar-refractivity contribution in [2.45, 2.75) is 0 Å². The Morgan fingerprint density at radius 1 is 1.10 bits per heavy atom. The third-order valence-corrected chi connectivity index (χ3v) is 1.96. The molecule has 0 aliphatic rings. The maximum absolute atomic E-state index is 10.8. The number of carbonyl (C=O) groups excluding carboxylic acids is 1. The minimum Gasteiger partial charge on any atom is -0.435 e. The smallest absolute Gasteiger partial charge is 0.332 e. The number of hydrogen-bond donors (Lipinski definition) is 0. The fraction of sp³-hybridized carbons (Fsp3) is 0.571. The Balaban J connectivity index is 4.78. The van der Waals surface area contributed by atoms with Gasteiger partial charge in [-0.1, -0.05) is 16.6 Å². The highest BCUT2D eigenvalue weighted by atomic mass is 16.7. The van der Waals surface area contributed by atoms with Gasteiger partial charge in [-0.05, 0) is 0 Å². The van der Waals surface area contributed by atoms with Crippen LogP contribution in [0.4, 0.5) is 0 Å². The van der Waals surface area contributed by atoms with Gasteiger partial charge in [-0.25, -0.2) is 35.1 Å². The molecule has 0 aromatic heterocycles. The number of hydrazine groups is 3. The number of rotatable bonds is 10. The predicted molar refractivity (Wildman–Crippen MR) is 63.3 cm³/mol. The van der Waals surface area contributed by atoms with Gasteiger partial charge < -0.3 is 4.74 Å². The fourth-order valence-corrected chi connectivity index (χ4v) is 0.961. The molecule has 0 fully saturated rings. The van der Waals surface area contributed by atoms with E-state index >= 15 is 0 Å². The van der Waals surface area contributed by atoms with Crippen LogP contribution in [0.15, 0.2) is 12.7 Å². The molecule has 0 bridgehead atoms. The predicted octanol–water partition coefficient (Wildman–Crippen LogP) is -1.30. The van der Waals surface area contributed by atoms with Crippen LogP contribution in [0.3, 0.4) is 0 Å². The maximum atomic E-state index is 10.8. The Bertz CT molecular complexity index is 441. The maximum Gasteiger partial charge on any atom is 0.332 e. The first-order valence-corrected chi connectivity index (χ1v) is 5.12. The van der Waals surface area contributed by atoms with Crippen molar-refractivity contribution in [3.05, 3.63) is 43.0 Å². The van der Waals surface area contributed by atoms with Crippen LogP contribution in [0.2, 0.25) is 0 Å². The van der Waals surface area contributed by atoms with Crippen LogP contribution >= 0.6 is 0 Å². The molecular weight excluding hydrogens is 296 g/mol. The molecule has 0 aliphatic heterocycles. The van der Waals surface area contributed by atoms with Crippen molar-refractivity contribution in [3.63, 3.8) is 0 Å². The molecule has 118 valence electrons. The van der Waals surface area contributed by atoms with Crippen LogP contribution in [-0.4, -0.2) is 63.2 Å². The molecule has 0 aliphatic carbocycles. The lowest BCUT2D eigenvalue weighted by Gasteiger charge is -2.20. The zero-order valence-electron chi connectivity index (χ0n) is 10.9. The molecule has 0 saturated heterocycles. The monoisotopic (exact) mass is 308 g/mol. The number of nitrogens with zero attached hydrogens (tertiary/aromatic N) is 6. The highest BCUT2D eigenvalue weighted by Gasteiger charge is 2.29. The van der Waals surface area contributed by atoms with Crippen molar-refractivity contribution in [3.8, 4) is 0 Å². The van der Waals surface area contributed by atoms with E-state index in [2.05, 4.69) is 11.3 Å². The molecule has 0 N–H and O–H groups in total. The second-order valence-corrected chi connectivity index (χ2v) is 3.46. The Hall–Kier alpha value is -3.19. The van der Waals surface area contributed by atoms with Crippen LogP contribution in [0.25, 0.3) is 0 Å². The molecule has 0 saturated carbocycles. The average Bonchev–Trinajstić information content (AvgIpc) is 2.40. The van der Waals surface area contributed by atoms with Gasteiger partial charge in [-0.2, -0.15) is 0 Å². The van der Waals surface area contributed by atoms with Gasteiger partial charge in [0.15, 0.2) is 15.1 Å². The molecule has 0 atom stereocenters. The van der Waals surface area contributed by atoms with Crippen molar-refractivity contribution in [2.24, 2.45) is 0 Å². The third-order valence-electron chi connectivity index (χ3n) is 1.96. The van der Waals surface area contributed by atoms with Gasteiger partial charge in [-0.15, -0.1) is 5.01 Å². The van der Waals surface area contributed by atoms with E-state index in [1.54, 1.807) is 0 Å². The van der Waals surface area contributed by atoms with Gasteiger partial charge in [-0.3, -0.25) is 0 Å². The van der Waals surface area contributed by atoms with E-state index < -0.39 is 41.1 Å². The second-order valence-electron chi connectivity index (χ2n) is 3.46. The van der Waals surface area contributed by atoms with Crippen molar-refractivity contribution in [2.75, 3.05) is 27.1 Å². The van der Waals surface area contributed by atoms with Gasteiger partial charge in [0.1, 0.15) is 0 Å². The summed E-state index contributed by atoms with van der Waals surface area (Å²) in [4.78, 5) is 42.6. The zero-order chi connectivity index (χ0) is 16.6. The summed E-state index contributed by atoms with van der Waals surface area (Å²) < 4.78 is 4.38. The molecular formula is C7H12N6O8. The molecule has 0 aromatic carbocycles. The summed E-state index contributed by atoms with van der Waals surface area (Å²) in [5.74, 6) is -0.961. The largest absolute Gasteiger partial charge is 0.435 e. The van der Waals surface area contributed by atoms with Gasteiger partial charge in [0, 0.05) is 6.08 Å². The quantitative estimate of drug-likeness (QED) is 0.155. The topological polar surface area (TPSA) is 165 Å². The van der Waals surface area contributed by atoms with Gasteiger partial charge in [0.05, 0.1) is 7.05 Å². The molecule has 14 heteroatoms. The average molecular weight is 308 g/mol. The first-order chi connectivity index (χ1) is 9.68. The van der Waals surface area contributed by atoms with Crippen molar-refractivity contribution in [1.82, 2.24) is 15.0 Å². The summed E-state index contributed by atoms with van der Waals surface area (Å²) in [6, 6.07) is 0. The number of ether oxygens (including phenoxy) is 1. The minimum atomic E-state index is -1.05. The fourth-order valence-electron chi connectivity index (χ4n) is 0.961. The normalized spacial score (nSPS) is 9.38. The lowest BCUT2D eigenvalue weighted by atomic mass is 10.7. The van der Waals surface area contributed by atoms with E-state index in [4.69, 9.17) is 0 Å². The second kappa shape index (κ2) is 8.08. The first-order valence-electron chi connectivity index (χ1n) is 5.12. The Labute approximate surface area is 117 Å². The van der Waals surface area contributed by atoms with E-state index in [-0.39, 0.29) is 10.0 Å². The van der Waals surface area contributed by atoms with Gasteiger partial charge >= 0.3 is 5.97 Å². The van der Waals surface area contributed by atoms with Crippen LogP contribution in [-0.2, 0) is 9.53 Å². The summed E-state index contributed by atoms with van der Waals surface area (Å²) in [5, 5.41) is 29.5. The highest BCUT2D eigenvalue weighted by Crippen LogP contribution is 1.99. The van der Waals surface area contributed by atoms with Gasteiger partial charge in [0.25, 0.3) is 0 Å². The highest BCUT2D eigenvalue weighted by molar-refractivity contribution is 5.81. The Morgan fingerprint density at radius 3 is 2.00 bits per heavy atom. The summed E-state index contributed by atoms with van der Waals surface area (Å²) in [7, 11) is 0.949. The van der Waals surface area contributed by atoms with E-state index in [0.29, 0.717) is 5.01 Å². The lowest BCUT2D eigenvalue weighted by molar-refractivity contribution is -0.737. The molecule has 0 unspecified atom stereocenters. The van der Waals surface area contributed by atoms with E-state index in [1.807, 2.05) is 0 Å². The molecule has 21 heavy (non-hydrogen) atoms. The van der Waals surface area contributed by atoms with E-state index in [9.17, 15) is 35.1 Å². The molecule has 0 heterocycles. The zero-order valence-corrected chi connectivity index (χ0v) is 10.9. The number of hydrogen-bond acceptors (Lipinski definition) is 8. The van der Waals surface area contributed by atoms with Crippen molar-refractivity contribution in [1.29, 1.82) is 0 Å². The first kappa shape index (κ1) is 17.8. The van der Waals surface area contributed by atoms with Gasteiger partial charge in [0.2, 0.25) is 20.1 Å². The summed E-state index contributed by atoms with van der Waals surface area (Å²) in [6.07, 6.45) is 0.754. The molecule has 0 spiro atoms. The van der Waals surface area contributed by atoms with E-state index in [1.165, 1.54) is 0 Å². The van der Waals surface area contributed by atoms with Crippen LogP contribution in [0.5, 0.6) is 0 Å². The summed E-state index contributed by atoms with van der Waals surface area (Å²) in [5.41, 5.74) is 0. The molecule has 0 aromatic rings. The van der Waals surface area contributed by atoms with Crippen molar-refractivity contribution >= 4 is 5.97 Å².